The number of nitrogens with zero attached hydrogens (tertiary/aromatic N) is 5. The number of amides is 1. The van der Waals surface area contributed by atoms with Gasteiger partial charge in [-0.15, -0.1) is 0 Å². The van der Waals surface area contributed by atoms with Gasteiger partial charge in [-0.2, -0.15) is 0 Å². The molecule has 2 saturated heterocycles. The Labute approximate surface area is 257 Å². The molecule has 228 valence electrons. The third-order valence-corrected chi connectivity index (χ3v) is 8.40. The summed E-state index contributed by atoms with van der Waals surface area (Å²) in [6.07, 6.45) is 5.98. The minimum Gasteiger partial charge on any atom is -0.392 e. The van der Waals surface area contributed by atoms with Gasteiger partial charge in [0.05, 0.1) is 24.4 Å². The van der Waals surface area contributed by atoms with Gasteiger partial charge < -0.3 is 24.8 Å². The first-order valence-electron chi connectivity index (χ1n) is 15.1. The van der Waals surface area contributed by atoms with E-state index in [4.69, 9.17) is 9.47 Å². The highest BCUT2D eigenvalue weighted by Gasteiger charge is 2.39. The van der Waals surface area contributed by atoms with E-state index in [1.165, 1.54) is 0 Å². The number of aromatic nitrogens is 3. The summed E-state index contributed by atoms with van der Waals surface area (Å²) >= 11 is 0. The van der Waals surface area contributed by atoms with Crippen LogP contribution < -0.4 is 10.2 Å². The van der Waals surface area contributed by atoms with E-state index in [0.717, 1.165) is 60.9 Å². The van der Waals surface area contributed by atoms with Crippen LogP contribution in [-0.4, -0.2) is 69.7 Å². The second-order valence-electron chi connectivity index (χ2n) is 11.3. The molecule has 2 fully saturated rings. The van der Waals surface area contributed by atoms with Crippen molar-refractivity contribution < 1.29 is 19.4 Å². The zero-order valence-electron chi connectivity index (χ0n) is 24.8. The van der Waals surface area contributed by atoms with E-state index in [9.17, 15) is 9.90 Å². The fraction of sp³-hybridized carbons (Fsp3) is 0.353. The van der Waals surface area contributed by atoms with E-state index >= 15 is 0 Å². The summed E-state index contributed by atoms with van der Waals surface area (Å²) in [5.41, 5.74) is 4.36. The zero-order valence-corrected chi connectivity index (χ0v) is 24.8. The number of piperazine rings is 1. The number of aliphatic hydroxyl groups is 1. The smallest absolute Gasteiger partial charge is 0.253 e. The van der Waals surface area contributed by atoms with Crippen LogP contribution in [0, 0.1) is 5.92 Å². The van der Waals surface area contributed by atoms with Gasteiger partial charge in [0.2, 0.25) is 5.95 Å². The quantitative estimate of drug-likeness (QED) is 0.298. The monoisotopic (exact) mass is 594 g/mol. The number of aliphatic hydroxyl groups excluding tert-OH is 1. The molecule has 0 aliphatic carbocycles. The predicted molar refractivity (Wildman–Crippen MR) is 166 cm³/mol. The normalized spacial score (nSPS) is 22.5. The highest BCUT2D eigenvalue weighted by Crippen LogP contribution is 2.42. The maximum absolute atomic E-state index is 12.4. The first kappa shape index (κ1) is 29.8. The van der Waals surface area contributed by atoms with Crippen LogP contribution in [0.1, 0.15) is 51.9 Å². The fourth-order valence-electron chi connectivity index (χ4n) is 5.74. The Morgan fingerprint density at radius 1 is 0.886 bits per heavy atom. The summed E-state index contributed by atoms with van der Waals surface area (Å²) < 4.78 is 13.3. The van der Waals surface area contributed by atoms with Gasteiger partial charge in [0.1, 0.15) is 0 Å². The van der Waals surface area contributed by atoms with Crippen LogP contribution in [-0.2, 0) is 22.6 Å². The van der Waals surface area contributed by atoms with Crippen molar-refractivity contribution in [3.63, 3.8) is 0 Å². The van der Waals surface area contributed by atoms with E-state index in [-0.39, 0.29) is 30.6 Å². The maximum atomic E-state index is 12.4. The molecule has 2 aliphatic rings. The van der Waals surface area contributed by atoms with Crippen molar-refractivity contribution in [3.05, 3.63) is 119 Å². The average Bonchev–Trinajstić information content (AvgIpc) is 3.09. The summed E-state index contributed by atoms with van der Waals surface area (Å²) in [5, 5.41) is 12.5. The van der Waals surface area contributed by atoms with E-state index in [2.05, 4.69) is 37.0 Å². The van der Waals surface area contributed by atoms with Gasteiger partial charge >= 0.3 is 0 Å². The van der Waals surface area contributed by atoms with Gasteiger partial charge in [-0.1, -0.05) is 55.5 Å². The molecule has 4 unspecified atom stereocenters. The lowest BCUT2D eigenvalue weighted by atomic mass is 9.90. The van der Waals surface area contributed by atoms with Crippen molar-refractivity contribution >= 4 is 11.9 Å². The lowest BCUT2D eigenvalue weighted by molar-refractivity contribution is -0.276. The lowest BCUT2D eigenvalue weighted by Gasteiger charge is -2.44. The number of rotatable bonds is 9. The number of carbonyl (C=O) groups is 1. The molecule has 44 heavy (non-hydrogen) atoms. The maximum Gasteiger partial charge on any atom is 0.253 e. The standard InChI is InChI=1S/C34H38N6O4/c1-24-30(22-39-16-18-40(19-17-39)34-36-14-3-15-37-34)43-33(44-31(24)27-9-7-26(23-41)8-10-27)28-11-5-25(6-12-28)20-38-32(42)29-4-2-13-35-21-29/h2-15,21,24,30-31,33,41H,16-20,22-23H2,1H3,(H,38,42). The van der Waals surface area contributed by atoms with Crippen molar-refractivity contribution in [2.24, 2.45) is 5.92 Å². The average molecular weight is 595 g/mol. The number of anilines is 1. The van der Waals surface area contributed by atoms with Crippen LogP contribution in [0.15, 0.2) is 91.5 Å². The molecule has 2 aromatic carbocycles. The Bertz CT molecular complexity index is 1480. The zero-order chi connectivity index (χ0) is 30.3. The number of hydrogen-bond donors (Lipinski definition) is 2. The lowest BCUT2D eigenvalue weighted by Crippen LogP contribution is -2.51. The molecule has 0 bridgehead atoms. The van der Waals surface area contributed by atoms with Crippen LogP contribution in [0.4, 0.5) is 5.95 Å². The SMILES string of the molecule is CC1C(CN2CCN(c3ncccn3)CC2)OC(c2ccc(CNC(=O)c3cccnc3)cc2)OC1c1ccc(CO)cc1. The highest BCUT2D eigenvalue weighted by molar-refractivity contribution is 5.93. The van der Waals surface area contributed by atoms with Crippen molar-refractivity contribution in [1.82, 2.24) is 25.2 Å². The second-order valence-corrected chi connectivity index (χ2v) is 11.3. The van der Waals surface area contributed by atoms with Crippen molar-refractivity contribution in [2.45, 2.75) is 38.6 Å². The Morgan fingerprint density at radius 3 is 2.27 bits per heavy atom. The summed E-state index contributed by atoms with van der Waals surface area (Å²) in [6.45, 7) is 6.88. The molecular weight excluding hydrogens is 556 g/mol. The summed E-state index contributed by atoms with van der Waals surface area (Å²) in [6, 6.07) is 21.3. The first-order valence-corrected chi connectivity index (χ1v) is 15.1. The van der Waals surface area contributed by atoms with E-state index in [1.54, 1.807) is 36.9 Å². The van der Waals surface area contributed by atoms with E-state index in [1.807, 2.05) is 54.6 Å². The van der Waals surface area contributed by atoms with Gasteiger partial charge in [-0.25, -0.2) is 9.97 Å². The molecule has 2 aliphatic heterocycles. The van der Waals surface area contributed by atoms with Gasteiger partial charge in [-0.05, 0) is 34.9 Å². The molecule has 6 rings (SSSR count). The molecule has 4 heterocycles. The summed E-state index contributed by atoms with van der Waals surface area (Å²) in [7, 11) is 0. The van der Waals surface area contributed by atoms with Crippen molar-refractivity contribution in [2.75, 3.05) is 37.6 Å². The number of ether oxygens (including phenoxy) is 2. The topological polar surface area (TPSA) is 113 Å². The van der Waals surface area contributed by atoms with Crippen molar-refractivity contribution in [3.8, 4) is 0 Å². The van der Waals surface area contributed by atoms with Gasteiger partial charge in [-0.3, -0.25) is 14.7 Å². The molecule has 4 atom stereocenters. The third-order valence-electron chi connectivity index (χ3n) is 8.40. The summed E-state index contributed by atoms with van der Waals surface area (Å²) in [5.74, 6) is 0.711. The van der Waals surface area contributed by atoms with Crippen LogP contribution >= 0.6 is 0 Å². The number of nitrogens with one attached hydrogen (secondary N) is 1. The Kier molecular flexibility index (Phi) is 9.52. The van der Waals surface area contributed by atoms with Gasteiger partial charge in [0.15, 0.2) is 6.29 Å². The van der Waals surface area contributed by atoms with Crippen molar-refractivity contribution in [1.29, 1.82) is 0 Å². The Morgan fingerprint density at radius 2 is 1.59 bits per heavy atom. The molecular formula is C34H38N6O4. The Hall–Kier alpha value is -4.22. The van der Waals surface area contributed by atoms with E-state index in [0.29, 0.717) is 12.1 Å². The van der Waals surface area contributed by atoms with Gasteiger partial charge in [0.25, 0.3) is 5.91 Å². The van der Waals surface area contributed by atoms with Gasteiger partial charge in [0, 0.05) is 75.5 Å². The fourth-order valence-corrected chi connectivity index (χ4v) is 5.74. The molecule has 0 saturated carbocycles. The Balaban J connectivity index is 1.14. The molecule has 0 spiro atoms. The molecule has 2 N–H and O–H groups in total. The minimum atomic E-state index is -0.545. The van der Waals surface area contributed by atoms with Crippen LogP contribution in [0.25, 0.3) is 0 Å². The molecule has 10 nitrogen and oxygen atoms in total. The molecule has 2 aromatic heterocycles. The van der Waals surface area contributed by atoms with Crippen LogP contribution in [0.2, 0.25) is 0 Å². The van der Waals surface area contributed by atoms with Crippen LogP contribution in [0.3, 0.4) is 0 Å². The number of pyridine rings is 1. The predicted octanol–water partition coefficient (Wildman–Crippen LogP) is 3.91. The summed E-state index contributed by atoms with van der Waals surface area (Å²) in [4.78, 5) is 30.0. The van der Waals surface area contributed by atoms with E-state index < -0.39 is 6.29 Å². The van der Waals surface area contributed by atoms with Crippen LogP contribution in [0.5, 0.6) is 0 Å². The molecule has 0 radical (unpaired) electrons. The molecule has 10 heteroatoms. The first-order chi connectivity index (χ1) is 21.6. The number of carbonyl (C=O) groups excluding carboxylic acids is 1. The second kappa shape index (κ2) is 14.0. The minimum absolute atomic E-state index is 0.00472. The molecule has 1 amide bonds. The third kappa shape index (κ3) is 7.11. The largest absolute Gasteiger partial charge is 0.392 e. The molecule has 4 aromatic rings. The highest BCUT2D eigenvalue weighted by atomic mass is 16.7. The number of benzene rings is 2. The number of hydrogen-bond acceptors (Lipinski definition) is 9.